The van der Waals surface area contributed by atoms with Crippen LogP contribution in [0.4, 0.5) is 9.80 Å². The maximum absolute atomic E-state index is 12.2. The molecule has 0 spiro atoms. The molecule has 8 heteroatoms. The molecule has 0 aliphatic carbocycles. The highest BCUT2D eigenvalue weighted by atomic mass is 32.1. The summed E-state index contributed by atoms with van der Waals surface area (Å²) < 4.78 is 15.5. The molecule has 0 fully saturated rings. The number of carbonyl (C=O) groups excluding carboxylic acids is 2. The molecule has 7 nitrogen and oxygen atoms in total. The first-order valence-electron chi connectivity index (χ1n) is 7.28. The Morgan fingerprint density at radius 3 is 2.74 bits per heavy atom. The van der Waals surface area contributed by atoms with Crippen LogP contribution in [0, 0.1) is 0 Å². The molecule has 1 aromatic rings. The van der Waals surface area contributed by atoms with Gasteiger partial charge in [0.2, 0.25) is 0 Å². The molecule has 0 saturated heterocycles. The molecule has 23 heavy (non-hydrogen) atoms. The Hall–Kier alpha value is -1.64. The lowest BCUT2D eigenvalue weighted by molar-refractivity contribution is -0.0384. The number of nitrogens with one attached hydrogen (secondary N) is 2. The molecule has 2 heterocycles. The Morgan fingerprint density at radius 1 is 1.35 bits per heavy atom. The lowest BCUT2D eigenvalue weighted by atomic mass is 9.93. The number of rotatable bonds is 5. The number of esters is 1. The number of anilines is 1. The first-order chi connectivity index (χ1) is 10.9. The normalized spacial score (nSPS) is 15.7. The number of hydrogen-bond donors (Lipinski definition) is 2. The molecule has 0 bridgehead atoms. The van der Waals surface area contributed by atoms with Gasteiger partial charge in [-0.2, -0.15) is 0 Å². The van der Waals surface area contributed by atoms with E-state index in [0.29, 0.717) is 36.7 Å². The van der Waals surface area contributed by atoms with E-state index in [1.54, 1.807) is 7.11 Å². The Labute approximate surface area is 139 Å². The average Bonchev–Trinajstić information content (AvgIpc) is 2.82. The quantitative estimate of drug-likeness (QED) is 0.632. The smallest absolute Gasteiger partial charge is 0.341 e. The number of amides is 2. The van der Waals surface area contributed by atoms with E-state index in [1.807, 2.05) is 13.8 Å². The molecule has 128 valence electrons. The molecule has 0 unspecified atom stereocenters. The Morgan fingerprint density at radius 2 is 2.09 bits per heavy atom. The van der Waals surface area contributed by atoms with Crippen molar-refractivity contribution in [2.75, 3.05) is 32.7 Å². The molecule has 2 amide bonds. The van der Waals surface area contributed by atoms with Gasteiger partial charge < -0.3 is 19.5 Å². The number of ether oxygens (including phenoxy) is 3. The van der Waals surface area contributed by atoms with Gasteiger partial charge in [0.05, 0.1) is 31.5 Å². The van der Waals surface area contributed by atoms with Crippen molar-refractivity contribution < 1.29 is 23.8 Å². The van der Waals surface area contributed by atoms with E-state index in [0.717, 1.165) is 10.4 Å². The second-order valence-electron chi connectivity index (χ2n) is 5.80. The van der Waals surface area contributed by atoms with E-state index in [1.165, 1.54) is 18.4 Å². The second-order valence-corrected chi connectivity index (χ2v) is 6.90. The Balaban J connectivity index is 2.24. The number of methoxy groups -OCH3 is 2. The molecule has 1 aliphatic heterocycles. The van der Waals surface area contributed by atoms with Crippen molar-refractivity contribution in [1.29, 1.82) is 0 Å². The minimum absolute atomic E-state index is 0.352. The number of urea groups is 1. The number of fused-ring (bicyclic) bond motifs is 1. The summed E-state index contributed by atoms with van der Waals surface area (Å²) in [5, 5.41) is 5.87. The van der Waals surface area contributed by atoms with Crippen LogP contribution >= 0.6 is 11.3 Å². The molecule has 0 aromatic carbocycles. The third-order valence-electron chi connectivity index (χ3n) is 3.50. The van der Waals surface area contributed by atoms with Gasteiger partial charge >= 0.3 is 12.0 Å². The van der Waals surface area contributed by atoms with Crippen LogP contribution in [0.2, 0.25) is 0 Å². The topological polar surface area (TPSA) is 85.9 Å². The third-order valence-corrected chi connectivity index (χ3v) is 4.62. The van der Waals surface area contributed by atoms with Crippen molar-refractivity contribution >= 4 is 28.3 Å². The largest absolute Gasteiger partial charge is 0.465 e. The second kappa shape index (κ2) is 7.29. The van der Waals surface area contributed by atoms with Gasteiger partial charge in [-0.25, -0.2) is 9.59 Å². The molecule has 0 atom stereocenters. The minimum Gasteiger partial charge on any atom is -0.465 e. The van der Waals surface area contributed by atoms with Gasteiger partial charge in [0.1, 0.15) is 5.00 Å². The molecule has 0 radical (unpaired) electrons. The van der Waals surface area contributed by atoms with Crippen molar-refractivity contribution in [3.63, 3.8) is 0 Å². The maximum atomic E-state index is 12.2. The van der Waals surface area contributed by atoms with Crippen molar-refractivity contribution in [1.82, 2.24) is 5.32 Å². The van der Waals surface area contributed by atoms with Crippen molar-refractivity contribution in [2.24, 2.45) is 0 Å². The highest BCUT2D eigenvalue weighted by molar-refractivity contribution is 7.17. The summed E-state index contributed by atoms with van der Waals surface area (Å²) in [7, 11) is 2.89. The van der Waals surface area contributed by atoms with Crippen LogP contribution in [-0.2, 0) is 27.2 Å². The predicted octanol–water partition coefficient (Wildman–Crippen LogP) is 2.15. The summed E-state index contributed by atoms with van der Waals surface area (Å²) in [6, 6.07) is -0.383. The standard InChI is InChI=1S/C15H22N2O5S/c1-15(2)7-9-10(8-22-15)23-12(11(9)13(18)21-4)17-14(19)16-5-6-20-3/h5-8H2,1-4H3,(H2,16,17,19). The lowest BCUT2D eigenvalue weighted by Gasteiger charge is -2.30. The van der Waals surface area contributed by atoms with Gasteiger partial charge in [-0.05, 0) is 19.4 Å². The van der Waals surface area contributed by atoms with Crippen molar-refractivity contribution in [3.05, 3.63) is 16.0 Å². The zero-order valence-electron chi connectivity index (χ0n) is 13.8. The fourth-order valence-electron chi connectivity index (χ4n) is 2.37. The van der Waals surface area contributed by atoms with E-state index < -0.39 is 5.97 Å². The molecular weight excluding hydrogens is 320 g/mol. The fraction of sp³-hybridized carbons (Fsp3) is 0.600. The van der Waals surface area contributed by atoms with Crippen LogP contribution < -0.4 is 10.6 Å². The van der Waals surface area contributed by atoms with Gasteiger partial charge in [0.25, 0.3) is 0 Å². The molecule has 2 rings (SSSR count). The molecule has 1 aliphatic rings. The first kappa shape index (κ1) is 17.7. The predicted molar refractivity (Wildman–Crippen MR) is 87.1 cm³/mol. The first-order valence-corrected chi connectivity index (χ1v) is 8.10. The van der Waals surface area contributed by atoms with Gasteiger partial charge in [-0.15, -0.1) is 11.3 Å². The van der Waals surface area contributed by atoms with Crippen LogP contribution in [0.3, 0.4) is 0 Å². The van der Waals surface area contributed by atoms with Crippen molar-refractivity contribution in [2.45, 2.75) is 32.5 Å². The van der Waals surface area contributed by atoms with Gasteiger partial charge in [0, 0.05) is 25.0 Å². The highest BCUT2D eigenvalue weighted by Crippen LogP contribution is 2.40. The van der Waals surface area contributed by atoms with E-state index >= 15 is 0 Å². The number of hydrogen-bond acceptors (Lipinski definition) is 6. The fourth-order valence-corrected chi connectivity index (χ4v) is 3.49. The van der Waals surface area contributed by atoms with Crippen LogP contribution in [-0.4, -0.2) is 45.0 Å². The summed E-state index contributed by atoms with van der Waals surface area (Å²) in [4.78, 5) is 25.0. The zero-order chi connectivity index (χ0) is 17.0. The maximum Gasteiger partial charge on any atom is 0.341 e. The average molecular weight is 342 g/mol. The molecule has 1 aromatic heterocycles. The third kappa shape index (κ3) is 4.21. The van der Waals surface area contributed by atoms with Gasteiger partial charge in [0.15, 0.2) is 0 Å². The van der Waals surface area contributed by atoms with Crippen LogP contribution in [0.5, 0.6) is 0 Å². The van der Waals surface area contributed by atoms with E-state index in [9.17, 15) is 9.59 Å². The summed E-state index contributed by atoms with van der Waals surface area (Å²) in [5.41, 5.74) is 0.963. The summed E-state index contributed by atoms with van der Waals surface area (Å²) in [6.07, 6.45) is 0.593. The SMILES string of the molecule is COCCNC(=O)Nc1sc2c(c1C(=O)OC)CC(C)(C)OC2. The van der Waals surface area contributed by atoms with E-state index in [2.05, 4.69) is 10.6 Å². The van der Waals surface area contributed by atoms with E-state index in [4.69, 9.17) is 14.2 Å². The summed E-state index contributed by atoms with van der Waals surface area (Å²) in [5.74, 6) is -0.451. The Bertz CT molecular complexity index is 597. The molecule has 2 N–H and O–H groups in total. The summed E-state index contributed by atoms with van der Waals surface area (Å²) in [6.45, 7) is 5.17. The molecule has 0 saturated carbocycles. The van der Waals surface area contributed by atoms with Gasteiger partial charge in [-0.3, -0.25) is 5.32 Å². The van der Waals surface area contributed by atoms with E-state index in [-0.39, 0.29) is 11.6 Å². The van der Waals surface area contributed by atoms with Crippen LogP contribution in [0.25, 0.3) is 0 Å². The molecular formula is C15H22N2O5S. The van der Waals surface area contributed by atoms with Crippen molar-refractivity contribution in [3.8, 4) is 0 Å². The zero-order valence-corrected chi connectivity index (χ0v) is 14.6. The minimum atomic E-state index is -0.451. The van der Waals surface area contributed by atoms with Crippen LogP contribution in [0.15, 0.2) is 0 Å². The highest BCUT2D eigenvalue weighted by Gasteiger charge is 2.34. The number of thiophene rings is 1. The monoisotopic (exact) mass is 342 g/mol. The lowest BCUT2D eigenvalue weighted by Crippen LogP contribution is -2.32. The van der Waals surface area contributed by atoms with Crippen LogP contribution in [0.1, 0.15) is 34.6 Å². The summed E-state index contributed by atoms with van der Waals surface area (Å²) >= 11 is 1.34. The Kier molecular flexibility index (Phi) is 5.61. The number of carbonyl (C=O) groups is 2. The van der Waals surface area contributed by atoms with Gasteiger partial charge in [-0.1, -0.05) is 0 Å².